The molecule has 0 aliphatic carbocycles. The lowest BCUT2D eigenvalue weighted by molar-refractivity contribution is -0.139. The van der Waals surface area contributed by atoms with Crippen molar-refractivity contribution in [3.8, 4) is 0 Å². The van der Waals surface area contributed by atoms with Crippen LogP contribution in [0, 0.1) is 0 Å². The molecular weight excluding hydrogens is 548 g/mol. The Morgan fingerprint density at radius 1 is 0.674 bits per heavy atom. The quantitative estimate of drug-likeness (QED) is 0.0590. The molecule has 0 aromatic heterocycles. The first-order valence-electron chi connectivity index (χ1n) is 17.7. The SMILES string of the molecule is CCCCCCCCCCCC[C@@H](O)[C@H]1CC[C@H]([C@H](O)CC[C@H](O)C[C@H](O)CCCCC[C@@H](O)CC2=C[C@H](C)OC2=O)O1. The number of cyclic esters (lactones) is 1. The van der Waals surface area contributed by atoms with Crippen molar-refractivity contribution >= 4 is 5.97 Å². The highest BCUT2D eigenvalue weighted by Gasteiger charge is 2.34. The zero-order valence-electron chi connectivity index (χ0n) is 27.2. The molecule has 1 fully saturated rings. The molecular formula is C35H64O8. The van der Waals surface area contributed by atoms with E-state index in [1.165, 1.54) is 51.4 Å². The summed E-state index contributed by atoms with van der Waals surface area (Å²) in [5.41, 5.74) is 0.547. The van der Waals surface area contributed by atoms with Gasteiger partial charge in [0, 0.05) is 12.0 Å². The summed E-state index contributed by atoms with van der Waals surface area (Å²) in [6, 6.07) is 0. The lowest BCUT2D eigenvalue weighted by Gasteiger charge is -2.23. The fourth-order valence-electron chi connectivity index (χ4n) is 6.45. The number of unbranched alkanes of at least 4 members (excludes halogenated alkanes) is 11. The minimum atomic E-state index is -0.688. The lowest BCUT2D eigenvalue weighted by Crippen LogP contribution is -2.31. The number of hydrogen-bond acceptors (Lipinski definition) is 8. The summed E-state index contributed by atoms with van der Waals surface area (Å²) in [5, 5.41) is 52.1. The second-order valence-corrected chi connectivity index (χ2v) is 13.3. The highest BCUT2D eigenvalue weighted by Crippen LogP contribution is 2.28. The largest absolute Gasteiger partial charge is 0.455 e. The van der Waals surface area contributed by atoms with E-state index in [-0.39, 0.29) is 30.7 Å². The van der Waals surface area contributed by atoms with Crippen molar-refractivity contribution in [2.45, 2.75) is 204 Å². The van der Waals surface area contributed by atoms with Gasteiger partial charge in [0.1, 0.15) is 6.10 Å². The molecule has 0 radical (unpaired) electrons. The van der Waals surface area contributed by atoms with E-state index in [1.807, 2.05) is 0 Å². The third-order valence-corrected chi connectivity index (χ3v) is 9.16. The Hall–Kier alpha value is -1.03. The highest BCUT2D eigenvalue weighted by atomic mass is 16.5. The molecule has 0 aromatic rings. The highest BCUT2D eigenvalue weighted by molar-refractivity contribution is 5.90. The Morgan fingerprint density at radius 3 is 1.74 bits per heavy atom. The molecule has 5 N–H and O–H groups in total. The molecule has 0 aromatic carbocycles. The maximum atomic E-state index is 11.7. The monoisotopic (exact) mass is 612 g/mol. The van der Waals surface area contributed by atoms with Gasteiger partial charge in [0.25, 0.3) is 0 Å². The van der Waals surface area contributed by atoms with E-state index in [0.717, 1.165) is 51.4 Å². The molecule has 252 valence electrons. The van der Waals surface area contributed by atoms with E-state index in [0.29, 0.717) is 37.7 Å². The first kappa shape index (κ1) is 38.2. The number of carbonyl (C=O) groups excluding carboxylic acids is 1. The molecule has 1 saturated heterocycles. The third kappa shape index (κ3) is 16.7. The summed E-state index contributed by atoms with van der Waals surface area (Å²) >= 11 is 0. The van der Waals surface area contributed by atoms with Crippen molar-refractivity contribution in [1.29, 1.82) is 0 Å². The van der Waals surface area contributed by atoms with Crippen LogP contribution in [-0.2, 0) is 14.3 Å². The molecule has 8 atom stereocenters. The Labute approximate surface area is 261 Å². The van der Waals surface area contributed by atoms with E-state index in [4.69, 9.17) is 9.47 Å². The van der Waals surface area contributed by atoms with Crippen LogP contribution in [0.15, 0.2) is 11.6 Å². The summed E-state index contributed by atoms with van der Waals surface area (Å²) in [6.07, 6.45) is 17.9. The summed E-state index contributed by atoms with van der Waals surface area (Å²) in [7, 11) is 0. The summed E-state index contributed by atoms with van der Waals surface area (Å²) in [4.78, 5) is 11.7. The van der Waals surface area contributed by atoms with E-state index in [2.05, 4.69) is 6.92 Å². The van der Waals surface area contributed by atoms with Gasteiger partial charge in [0.05, 0.1) is 42.7 Å². The predicted molar refractivity (Wildman–Crippen MR) is 170 cm³/mol. The smallest absolute Gasteiger partial charge is 0.334 e. The minimum absolute atomic E-state index is 0.217. The zero-order chi connectivity index (χ0) is 31.5. The average Bonchev–Trinajstić information content (AvgIpc) is 3.58. The van der Waals surface area contributed by atoms with Gasteiger partial charge in [-0.05, 0) is 64.4 Å². The first-order chi connectivity index (χ1) is 20.7. The zero-order valence-corrected chi connectivity index (χ0v) is 27.2. The van der Waals surface area contributed by atoms with Crippen LogP contribution in [0.3, 0.4) is 0 Å². The summed E-state index contributed by atoms with van der Waals surface area (Å²) < 4.78 is 11.1. The number of ether oxygens (including phenoxy) is 2. The van der Waals surface area contributed by atoms with Crippen molar-refractivity contribution in [3.63, 3.8) is 0 Å². The van der Waals surface area contributed by atoms with Gasteiger partial charge in [-0.25, -0.2) is 4.79 Å². The first-order valence-corrected chi connectivity index (χ1v) is 17.7. The van der Waals surface area contributed by atoms with Gasteiger partial charge in [-0.2, -0.15) is 0 Å². The fraction of sp³-hybridized carbons (Fsp3) is 0.914. The van der Waals surface area contributed by atoms with Crippen LogP contribution in [0.2, 0.25) is 0 Å². The van der Waals surface area contributed by atoms with Gasteiger partial charge < -0.3 is 35.0 Å². The number of esters is 1. The van der Waals surface area contributed by atoms with Gasteiger partial charge in [0.15, 0.2) is 0 Å². The van der Waals surface area contributed by atoms with E-state index >= 15 is 0 Å². The normalized spacial score (nSPS) is 24.0. The minimum Gasteiger partial charge on any atom is -0.455 e. The van der Waals surface area contributed by atoms with Crippen LogP contribution < -0.4 is 0 Å². The third-order valence-electron chi connectivity index (χ3n) is 9.16. The average molecular weight is 613 g/mol. The Balaban J connectivity index is 1.46. The second kappa shape index (κ2) is 22.5. The van der Waals surface area contributed by atoms with Gasteiger partial charge in [0.2, 0.25) is 0 Å². The molecule has 2 rings (SSSR count). The number of hydrogen-bond donors (Lipinski definition) is 5. The molecule has 0 unspecified atom stereocenters. The van der Waals surface area contributed by atoms with Crippen LogP contribution in [-0.4, -0.2) is 80.3 Å². The van der Waals surface area contributed by atoms with E-state index in [1.54, 1.807) is 13.0 Å². The van der Waals surface area contributed by atoms with Gasteiger partial charge in [-0.1, -0.05) is 90.4 Å². The Bertz CT molecular complexity index is 758. The van der Waals surface area contributed by atoms with Crippen LogP contribution in [0.5, 0.6) is 0 Å². The molecule has 8 nitrogen and oxygen atoms in total. The molecule has 8 heteroatoms. The predicted octanol–water partition coefficient (Wildman–Crippen LogP) is 6.03. The van der Waals surface area contributed by atoms with Crippen LogP contribution in [0.1, 0.15) is 155 Å². The van der Waals surface area contributed by atoms with Crippen molar-refractivity contribution in [2.24, 2.45) is 0 Å². The summed E-state index contributed by atoms with van der Waals surface area (Å²) in [6.45, 7) is 4.04. The topological polar surface area (TPSA) is 137 Å². The number of aliphatic hydroxyl groups is 5. The van der Waals surface area contributed by atoms with Crippen molar-refractivity contribution in [1.82, 2.24) is 0 Å². The Morgan fingerprint density at radius 2 is 1.16 bits per heavy atom. The van der Waals surface area contributed by atoms with Crippen LogP contribution in [0.4, 0.5) is 0 Å². The lowest BCUT2D eigenvalue weighted by atomic mass is 9.97. The molecule has 0 bridgehead atoms. The maximum absolute atomic E-state index is 11.7. The number of carbonyl (C=O) groups is 1. The van der Waals surface area contributed by atoms with Crippen molar-refractivity contribution < 1.29 is 39.8 Å². The van der Waals surface area contributed by atoms with Gasteiger partial charge >= 0.3 is 5.97 Å². The molecule has 43 heavy (non-hydrogen) atoms. The van der Waals surface area contributed by atoms with Crippen molar-refractivity contribution in [3.05, 3.63) is 11.6 Å². The van der Waals surface area contributed by atoms with E-state index < -0.39 is 30.5 Å². The van der Waals surface area contributed by atoms with Crippen LogP contribution in [0.25, 0.3) is 0 Å². The van der Waals surface area contributed by atoms with Crippen LogP contribution >= 0.6 is 0 Å². The van der Waals surface area contributed by atoms with Gasteiger partial charge in [-0.15, -0.1) is 0 Å². The molecule has 2 heterocycles. The van der Waals surface area contributed by atoms with Gasteiger partial charge in [-0.3, -0.25) is 0 Å². The number of aliphatic hydroxyl groups excluding tert-OH is 5. The standard InChI is InChI=1S/C35H64O8/c1-3-4-5-6-7-8-9-10-11-15-18-31(39)33-21-22-34(43-33)32(40)20-19-30(38)25-29(37)17-14-12-13-16-28(36)24-27-23-26(2)42-35(27)41/h23,26,28-34,36-40H,3-22,24-25H2,1-2H3/t26-,28+,29+,30-,31+,32+,33+,34+/m0/s1. The second-order valence-electron chi connectivity index (χ2n) is 13.3. The molecule has 0 saturated carbocycles. The molecule has 2 aliphatic rings. The Kier molecular flexibility index (Phi) is 19.9. The molecule has 0 spiro atoms. The van der Waals surface area contributed by atoms with Crippen molar-refractivity contribution in [2.75, 3.05) is 0 Å². The maximum Gasteiger partial charge on any atom is 0.334 e. The van der Waals surface area contributed by atoms with E-state index in [9.17, 15) is 30.3 Å². The summed E-state index contributed by atoms with van der Waals surface area (Å²) in [5.74, 6) is -0.339. The molecule has 0 amide bonds. The number of rotatable bonds is 26. The molecule has 2 aliphatic heterocycles. The fourth-order valence-corrected chi connectivity index (χ4v) is 6.45.